The molecule has 1 aliphatic carbocycles. The Balaban J connectivity index is 1.76. The first-order valence-corrected chi connectivity index (χ1v) is 8.18. The number of nitrogens with zero attached hydrogens (tertiary/aromatic N) is 1. The number of aliphatic hydroxyl groups is 1. The van der Waals surface area contributed by atoms with Gasteiger partial charge in [-0.15, -0.1) is 11.3 Å². The lowest BCUT2D eigenvalue weighted by Gasteiger charge is -2.38. The van der Waals surface area contributed by atoms with Crippen LogP contribution in [0.25, 0.3) is 0 Å². The van der Waals surface area contributed by atoms with Crippen LogP contribution in [-0.4, -0.2) is 47.8 Å². The van der Waals surface area contributed by atoms with Crippen LogP contribution in [0.4, 0.5) is 0 Å². The molecule has 20 heavy (non-hydrogen) atoms. The molecule has 1 amide bonds. The first kappa shape index (κ1) is 14.0. The summed E-state index contributed by atoms with van der Waals surface area (Å²) in [5.41, 5.74) is 1.23. The van der Waals surface area contributed by atoms with Crippen LogP contribution >= 0.6 is 11.3 Å². The molecule has 2 aliphatic rings. The van der Waals surface area contributed by atoms with Gasteiger partial charge in [0.05, 0.1) is 24.7 Å². The number of aryl methyl sites for hydroxylation is 1. The van der Waals surface area contributed by atoms with Gasteiger partial charge in [0.15, 0.2) is 0 Å². The molecule has 0 bridgehead atoms. The fraction of sp³-hybridized carbons (Fsp3) is 0.667. The van der Waals surface area contributed by atoms with E-state index in [1.165, 1.54) is 10.4 Å². The van der Waals surface area contributed by atoms with Gasteiger partial charge < -0.3 is 14.7 Å². The molecule has 3 rings (SSSR count). The number of ether oxygens (including phenoxy) is 1. The predicted molar refractivity (Wildman–Crippen MR) is 78.0 cm³/mol. The molecule has 0 spiro atoms. The third-order valence-corrected chi connectivity index (χ3v) is 5.19. The molecule has 0 saturated carbocycles. The topological polar surface area (TPSA) is 49.8 Å². The van der Waals surface area contributed by atoms with Gasteiger partial charge in [-0.2, -0.15) is 0 Å². The minimum absolute atomic E-state index is 0.00427. The minimum atomic E-state index is -0.242. The Morgan fingerprint density at radius 3 is 3.20 bits per heavy atom. The summed E-state index contributed by atoms with van der Waals surface area (Å²) in [6.07, 6.45) is 2.89. The molecule has 3 unspecified atom stereocenters. The van der Waals surface area contributed by atoms with Crippen LogP contribution in [0.5, 0.6) is 0 Å². The van der Waals surface area contributed by atoms with E-state index in [-0.39, 0.29) is 30.6 Å². The number of thiophene rings is 1. The van der Waals surface area contributed by atoms with Gasteiger partial charge in [-0.3, -0.25) is 4.79 Å². The highest BCUT2D eigenvalue weighted by Gasteiger charge is 2.34. The molecule has 0 aromatic carbocycles. The van der Waals surface area contributed by atoms with Gasteiger partial charge in [-0.25, -0.2) is 0 Å². The maximum Gasteiger partial charge on any atom is 0.230 e. The number of hydrogen-bond donors (Lipinski definition) is 1. The Labute approximate surface area is 123 Å². The molecular formula is C15H21NO3S. The van der Waals surface area contributed by atoms with Crippen molar-refractivity contribution in [2.45, 2.75) is 44.3 Å². The minimum Gasteiger partial charge on any atom is -0.394 e. The van der Waals surface area contributed by atoms with Crippen LogP contribution in [-0.2, 0) is 16.0 Å². The van der Waals surface area contributed by atoms with Crippen LogP contribution in [0.1, 0.15) is 36.1 Å². The highest BCUT2D eigenvalue weighted by atomic mass is 32.1. The highest BCUT2D eigenvalue weighted by molar-refractivity contribution is 7.10. The Morgan fingerprint density at radius 2 is 2.40 bits per heavy atom. The first-order valence-electron chi connectivity index (χ1n) is 7.30. The number of carbonyl (C=O) groups is 1. The van der Waals surface area contributed by atoms with Crippen LogP contribution < -0.4 is 0 Å². The van der Waals surface area contributed by atoms with Crippen molar-refractivity contribution in [2.75, 3.05) is 19.7 Å². The van der Waals surface area contributed by atoms with E-state index >= 15 is 0 Å². The lowest BCUT2D eigenvalue weighted by Crippen LogP contribution is -2.51. The molecule has 1 aliphatic heterocycles. The first-order chi connectivity index (χ1) is 9.69. The number of rotatable bonds is 2. The highest BCUT2D eigenvalue weighted by Crippen LogP contribution is 2.36. The second-order valence-electron chi connectivity index (χ2n) is 5.74. The van der Waals surface area contributed by atoms with Crippen LogP contribution in [0.3, 0.4) is 0 Å². The summed E-state index contributed by atoms with van der Waals surface area (Å²) in [4.78, 5) is 16.1. The van der Waals surface area contributed by atoms with Crippen molar-refractivity contribution in [3.63, 3.8) is 0 Å². The zero-order valence-corrected chi connectivity index (χ0v) is 12.6. The van der Waals surface area contributed by atoms with Crippen LogP contribution in [0.2, 0.25) is 0 Å². The number of aliphatic hydroxyl groups excluding tert-OH is 1. The van der Waals surface area contributed by atoms with Crippen molar-refractivity contribution in [1.29, 1.82) is 0 Å². The molecule has 0 radical (unpaired) electrons. The summed E-state index contributed by atoms with van der Waals surface area (Å²) < 4.78 is 5.62. The lowest BCUT2D eigenvalue weighted by molar-refractivity contribution is -0.149. The van der Waals surface area contributed by atoms with E-state index in [0.717, 1.165) is 19.3 Å². The molecule has 2 heterocycles. The van der Waals surface area contributed by atoms with E-state index in [1.807, 2.05) is 11.8 Å². The second kappa shape index (κ2) is 5.84. The normalized spacial score (nSPS) is 30.1. The van der Waals surface area contributed by atoms with E-state index in [0.29, 0.717) is 13.1 Å². The van der Waals surface area contributed by atoms with Crippen molar-refractivity contribution >= 4 is 17.2 Å². The number of morpholine rings is 1. The Kier molecular flexibility index (Phi) is 4.10. The standard InChI is InChI=1S/C15H21NO3S/c1-10-7-16(8-11(9-17)19-10)15(18)13-3-2-4-14-12(13)5-6-20-14/h5-6,10-11,13,17H,2-4,7-9H2,1H3. The summed E-state index contributed by atoms with van der Waals surface area (Å²) in [6.45, 7) is 3.07. The Hall–Kier alpha value is -0.910. The monoisotopic (exact) mass is 295 g/mol. The van der Waals surface area contributed by atoms with E-state index in [2.05, 4.69) is 11.4 Å². The van der Waals surface area contributed by atoms with Gasteiger partial charge in [0, 0.05) is 18.0 Å². The average molecular weight is 295 g/mol. The predicted octanol–water partition coefficient (Wildman–Crippen LogP) is 1.78. The van der Waals surface area contributed by atoms with Gasteiger partial charge in [0.25, 0.3) is 0 Å². The third-order valence-electron chi connectivity index (χ3n) is 4.19. The van der Waals surface area contributed by atoms with E-state index in [1.54, 1.807) is 11.3 Å². The molecule has 1 saturated heterocycles. The van der Waals surface area contributed by atoms with Gasteiger partial charge >= 0.3 is 0 Å². The van der Waals surface area contributed by atoms with E-state index < -0.39 is 0 Å². The number of carbonyl (C=O) groups excluding carboxylic acids is 1. The Bertz CT molecular complexity index is 487. The average Bonchev–Trinajstić information content (AvgIpc) is 2.94. The maximum absolute atomic E-state index is 12.8. The molecule has 110 valence electrons. The van der Waals surface area contributed by atoms with Gasteiger partial charge in [0.2, 0.25) is 5.91 Å². The van der Waals surface area contributed by atoms with Crippen LogP contribution in [0.15, 0.2) is 11.4 Å². The fourth-order valence-electron chi connectivity index (χ4n) is 3.29. The largest absolute Gasteiger partial charge is 0.394 e. The van der Waals surface area contributed by atoms with Crippen molar-refractivity contribution in [3.8, 4) is 0 Å². The molecule has 1 aromatic rings. The molecule has 1 fully saturated rings. The summed E-state index contributed by atoms with van der Waals surface area (Å²) in [6, 6.07) is 2.11. The molecule has 3 atom stereocenters. The van der Waals surface area contributed by atoms with Crippen molar-refractivity contribution in [2.24, 2.45) is 0 Å². The summed E-state index contributed by atoms with van der Waals surface area (Å²) in [7, 11) is 0. The van der Waals surface area contributed by atoms with Gasteiger partial charge in [-0.1, -0.05) is 0 Å². The van der Waals surface area contributed by atoms with Crippen molar-refractivity contribution < 1.29 is 14.6 Å². The lowest BCUT2D eigenvalue weighted by atomic mass is 9.86. The number of amides is 1. The van der Waals surface area contributed by atoms with E-state index in [9.17, 15) is 9.90 Å². The molecule has 1 N–H and O–H groups in total. The Morgan fingerprint density at radius 1 is 1.55 bits per heavy atom. The second-order valence-corrected chi connectivity index (χ2v) is 6.74. The maximum atomic E-state index is 12.8. The van der Waals surface area contributed by atoms with Gasteiger partial charge in [-0.05, 0) is 43.2 Å². The SMILES string of the molecule is CC1CN(C(=O)C2CCCc3sccc32)CC(CO)O1. The number of hydrogen-bond acceptors (Lipinski definition) is 4. The van der Waals surface area contributed by atoms with Crippen molar-refractivity contribution in [3.05, 3.63) is 21.9 Å². The number of fused-ring (bicyclic) bond motifs is 1. The molecular weight excluding hydrogens is 274 g/mol. The fourth-order valence-corrected chi connectivity index (χ4v) is 4.28. The zero-order chi connectivity index (χ0) is 14.1. The molecule has 4 nitrogen and oxygen atoms in total. The zero-order valence-electron chi connectivity index (χ0n) is 11.7. The summed E-state index contributed by atoms with van der Waals surface area (Å²) >= 11 is 1.76. The summed E-state index contributed by atoms with van der Waals surface area (Å²) in [5.74, 6) is 0.215. The van der Waals surface area contributed by atoms with Gasteiger partial charge in [0.1, 0.15) is 0 Å². The quantitative estimate of drug-likeness (QED) is 0.905. The van der Waals surface area contributed by atoms with Crippen LogP contribution in [0, 0.1) is 0 Å². The molecule has 1 aromatic heterocycles. The molecule has 5 heteroatoms. The van der Waals surface area contributed by atoms with E-state index in [4.69, 9.17) is 4.74 Å². The third kappa shape index (κ3) is 2.62. The smallest absolute Gasteiger partial charge is 0.230 e. The summed E-state index contributed by atoms with van der Waals surface area (Å²) in [5, 5.41) is 11.4. The van der Waals surface area contributed by atoms with Crippen molar-refractivity contribution in [1.82, 2.24) is 4.90 Å².